The van der Waals surface area contributed by atoms with Gasteiger partial charge in [-0.2, -0.15) is 0 Å². The first kappa shape index (κ1) is 11.7. The Bertz CT molecular complexity index is 412. The summed E-state index contributed by atoms with van der Waals surface area (Å²) in [5.74, 6) is 2.39. The average molecular weight is 248 g/mol. The van der Waals surface area contributed by atoms with Crippen LogP contribution in [0.15, 0.2) is 12.4 Å². The summed E-state index contributed by atoms with van der Waals surface area (Å²) in [5, 5.41) is 3.63. The lowest BCUT2D eigenvalue weighted by atomic mass is 9.85. The van der Waals surface area contributed by atoms with Crippen molar-refractivity contribution in [2.24, 2.45) is 5.92 Å². The van der Waals surface area contributed by atoms with Crippen molar-refractivity contribution in [2.75, 3.05) is 31.6 Å². The number of anilines is 1. The van der Waals surface area contributed by atoms with Gasteiger partial charge in [-0.1, -0.05) is 0 Å². The molecule has 3 heterocycles. The summed E-state index contributed by atoms with van der Waals surface area (Å²) in [4.78, 5) is 10.8. The highest BCUT2D eigenvalue weighted by molar-refractivity contribution is 5.41. The predicted octanol–water partition coefficient (Wildman–Crippen LogP) is 1.06. The van der Waals surface area contributed by atoms with Gasteiger partial charge in [0.05, 0.1) is 7.11 Å². The zero-order valence-electron chi connectivity index (χ0n) is 10.8. The monoisotopic (exact) mass is 248 g/mol. The van der Waals surface area contributed by atoms with Gasteiger partial charge in [0.1, 0.15) is 12.1 Å². The number of piperidine rings is 2. The van der Waals surface area contributed by atoms with Gasteiger partial charge in [-0.05, 0) is 31.7 Å². The van der Waals surface area contributed by atoms with Crippen LogP contribution in [-0.4, -0.2) is 42.8 Å². The Morgan fingerprint density at radius 3 is 3.22 bits per heavy atom. The Hall–Kier alpha value is -1.36. The molecule has 0 radical (unpaired) electrons. The minimum atomic E-state index is 0.642. The van der Waals surface area contributed by atoms with Crippen molar-refractivity contribution in [1.29, 1.82) is 0 Å². The molecule has 1 aromatic rings. The predicted molar refractivity (Wildman–Crippen MR) is 69.9 cm³/mol. The van der Waals surface area contributed by atoms with Gasteiger partial charge in [0.2, 0.25) is 5.88 Å². The van der Waals surface area contributed by atoms with E-state index in [0.29, 0.717) is 11.9 Å². The maximum atomic E-state index is 5.16. The second-order valence-corrected chi connectivity index (χ2v) is 5.12. The number of aromatic nitrogens is 2. The van der Waals surface area contributed by atoms with Gasteiger partial charge in [0, 0.05) is 25.2 Å². The summed E-state index contributed by atoms with van der Waals surface area (Å²) in [6, 6.07) is 2.63. The molecule has 0 aliphatic carbocycles. The van der Waals surface area contributed by atoms with Crippen molar-refractivity contribution >= 4 is 5.82 Å². The number of fused-ring (bicyclic) bond motifs is 1. The lowest BCUT2D eigenvalue weighted by Gasteiger charge is -2.42. The van der Waals surface area contributed by atoms with Crippen molar-refractivity contribution in [3.8, 4) is 5.88 Å². The molecule has 0 aromatic carbocycles. The smallest absolute Gasteiger partial charge is 0.218 e. The molecule has 2 fully saturated rings. The van der Waals surface area contributed by atoms with E-state index in [0.717, 1.165) is 24.8 Å². The zero-order valence-corrected chi connectivity index (χ0v) is 10.8. The Morgan fingerprint density at radius 2 is 2.33 bits per heavy atom. The van der Waals surface area contributed by atoms with Gasteiger partial charge in [-0.25, -0.2) is 9.97 Å². The van der Waals surface area contributed by atoms with Gasteiger partial charge in [-0.3, -0.25) is 0 Å². The Morgan fingerprint density at radius 1 is 1.39 bits per heavy atom. The molecule has 2 atom stereocenters. The van der Waals surface area contributed by atoms with Crippen molar-refractivity contribution in [2.45, 2.75) is 25.3 Å². The van der Waals surface area contributed by atoms with E-state index in [4.69, 9.17) is 4.74 Å². The molecule has 2 aliphatic heterocycles. The molecule has 0 bridgehead atoms. The van der Waals surface area contributed by atoms with E-state index in [-0.39, 0.29) is 0 Å². The fourth-order valence-electron chi connectivity index (χ4n) is 3.07. The number of nitrogens with one attached hydrogen (secondary N) is 1. The normalized spacial score (nSPS) is 27.7. The van der Waals surface area contributed by atoms with Gasteiger partial charge in [0.15, 0.2) is 0 Å². The van der Waals surface area contributed by atoms with Gasteiger partial charge in [-0.15, -0.1) is 0 Å². The summed E-state index contributed by atoms with van der Waals surface area (Å²) in [5.41, 5.74) is 0. The van der Waals surface area contributed by atoms with E-state index in [1.807, 2.05) is 6.07 Å². The first-order valence-corrected chi connectivity index (χ1v) is 6.71. The van der Waals surface area contributed by atoms with E-state index in [9.17, 15) is 0 Å². The third-order valence-corrected chi connectivity index (χ3v) is 4.05. The molecule has 5 nitrogen and oxygen atoms in total. The lowest BCUT2D eigenvalue weighted by molar-refractivity contribution is 0.243. The molecule has 0 saturated carbocycles. The summed E-state index contributed by atoms with van der Waals surface area (Å²) in [6.45, 7) is 3.34. The van der Waals surface area contributed by atoms with Crippen LogP contribution < -0.4 is 15.0 Å². The summed E-state index contributed by atoms with van der Waals surface area (Å²) >= 11 is 0. The molecular weight excluding hydrogens is 228 g/mol. The fourth-order valence-corrected chi connectivity index (χ4v) is 3.07. The minimum absolute atomic E-state index is 0.642. The van der Waals surface area contributed by atoms with E-state index < -0.39 is 0 Å². The van der Waals surface area contributed by atoms with Crippen molar-refractivity contribution in [1.82, 2.24) is 15.3 Å². The van der Waals surface area contributed by atoms with E-state index in [1.54, 1.807) is 13.4 Å². The second kappa shape index (κ2) is 5.10. The van der Waals surface area contributed by atoms with Crippen LogP contribution in [0.25, 0.3) is 0 Å². The largest absolute Gasteiger partial charge is 0.481 e. The fraction of sp³-hybridized carbons (Fsp3) is 0.692. The van der Waals surface area contributed by atoms with Crippen LogP contribution in [0.4, 0.5) is 5.82 Å². The maximum absolute atomic E-state index is 5.16. The van der Waals surface area contributed by atoms with E-state index in [2.05, 4.69) is 20.2 Å². The standard InChI is InChI=1S/C13H20N4O/c1-18-13-7-12(15-9-16-13)17-6-4-11-10(8-17)3-2-5-14-11/h7,9-11,14H,2-6,8H2,1H3. The van der Waals surface area contributed by atoms with Crippen molar-refractivity contribution in [3.05, 3.63) is 12.4 Å². The van der Waals surface area contributed by atoms with Gasteiger partial charge in [0.25, 0.3) is 0 Å². The molecule has 98 valence electrons. The molecule has 0 amide bonds. The van der Waals surface area contributed by atoms with Gasteiger partial charge >= 0.3 is 0 Å². The molecule has 5 heteroatoms. The van der Waals surface area contributed by atoms with Crippen LogP contribution in [0.3, 0.4) is 0 Å². The Balaban J connectivity index is 1.72. The minimum Gasteiger partial charge on any atom is -0.481 e. The van der Waals surface area contributed by atoms with Crippen LogP contribution in [0.5, 0.6) is 5.88 Å². The third kappa shape index (κ3) is 2.27. The molecule has 3 rings (SSSR count). The molecule has 2 unspecified atom stereocenters. The molecule has 1 aromatic heterocycles. The first-order valence-electron chi connectivity index (χ1n) is 6.71. The Kier molecular flexibility index (Phi) is 3.32. The van der Waals surface area contributed by atoms with E-state index >= 15 is 0 Å². The number of rotatable bonds is 2. The molecule has 2 aliphatic rings. The molecule has 2 saturated heterocycles. The second-order valence-electron chi connectivity index (χ2n) is 5.12. The molecular formula is C13H20N4O. The topological polar surface area (TPSA) is 50.3 Å². The average Bonchev–Trinajstić information content (AvgIpc) is 2.47. The zero-order chi connectivity index (χ0) is 12.4. The quantitative estimate of drug-likeness (QED) is 0.848. The van der Waals surface area contributed by atoms with Gasteiger partial charge < -0.3 is 15.0 Å². The Labute approximate surface area is 108 Å². The number of nitrogens with zero attached hydrogens (tertiary/aromatic N) is 3. The highest BCUT2D eigenvalue weighted by Crippen LogP contribution is 2.28. The first-order chi connectivity index (χ1) is 8.86. The van der Waals surface area contributed by atoms with Crippen LogP contribution in [0, 0.1) is 5.92 Å². The number of ether oxygens (including phenoxy) is 1. The number of hydrogen-bond acceptors (Lipinski definition) is 5. The maximum Gasteiger partial charge on any atom is 0.218 e. The van der Waals surface area contributed by atoms with Crippen molar-refractivity contribution in [3.63, 3.8) is 0 Å². The molecule has 0 spiro atoms. The highest BCUT2D eigenvalue weighted by Gasteiger charge is 2.31. The summed E-state index contributed by atoms with van der Waals surface area (Å²) < 4.78 is 5.16. The van der Waals surface area contributed by atoms with E-state index in [1.165, 1.54) is 25.8 Å². The lowest BCUT2D eigenvalue weighted by Crippen LogP contribution is -2.52. The highest BCUT2D eigenvalue weighted by atomic mass is 16.5. The summed E-state index contributed by atoms with van der Waals surface area (Å²) in [7, 11) is 1.64. The molecule has 1 N–H and O–H groups in total. The molecule has 18 heavy (non-hydrogen) atoms. The SMILES string of the molecule is COc1cc(N2CCC3NCCCC3C2)ncn1. The van der Waals surface area contributed by atoms with Crippen LogP contribution in [0.2, 0.25) is 0 Å². The number of methoxy groups -OCH3 is 1. The summed E-state index contributed by atoms with van der Waals surface area (Å²) in [6.07, 6.45) is 5.41. The van der Waals surface area contributed by atoms with Crippen LogP contribution in [-0.2, 0) is 0 Å². The van der Waals surface area contributed by atoms with Crippen molar-refractivity contribution < 1.29 is 4.74 Å². The number of hydrogen-bond donors (Lipinski definition) is 1. The van der Waals surface area contributed by atoms with Crippen LogP contribution >= 0.6 is 0 Å². The third-order valence-electron chi connectivity index (χ3n) is 4.05. The van der Waals surface area contributed by atoms with Crippen LogP contribution in [0.1, 0.15) is 19.3 Å².